The van der Waals surface area contributed by atoms with Crippen molar-refractivity contribution in [3.8, 4) is 45.7 Å². The molecule has 0 aliphatic heterocycles. The number of hydrogen-bond donors (Lipinski definition) is 1. The van der Waals surface area contributed by atoms with Crippen LogP contribution in [0.1, 0.15) is 67.7 Å². The smallest absolute Gasteiger partial charge is 0.167 e. The maximum atomic E-state index is 11.0. The molecule has 0 atom stereocenters. The molecule has 2 heterocycles. The van der Waals surface area contributed by atoms with Crippen molar-refractivity contribution in [2.45, 2.75) is 73.1 Å². The van der Waals surface area contributed by atoms with Crippen LogP contribution in [0.25, 0.3) is 34.2 Å². The first kappa shape index (κ1) is 32.2. The van der Waals surface area contributed by atoms with Crippen LogP contribution in [-0.4, -0.2) is 42.1 Å². The van der Waals surface area contributed by atoms with E-state index in [1.54, 1.807) is 24.5 Å². The number of nitrogens with zero attached hydrogens (tertiary/aromatic N) is 6. The van der Waals surface area contributed by atoms with Crippen LogP contribution in [0.2, 0.25) is 0 Å². The fraction of sp³-hybridized carbons (Fsp3) is 0.333. The first-order valence-corrected chi connectivity index (χ1v) is 15.3. The highest BCUT2D eigenvalue weighted by Crippen LogP contribution is 2.34. The van der Waals surface area contributed by atoms with Crippen LogP contribution in [0.4, 0.5) is 0 Å². The van der Waals surface area contributed by atoms with Crippen molar-refractivity contribution in [3.05, 3.63) is 95.3 Å². The molecule has 0 aliphatic rings. The molecule has 44 heavy (non-hydrogen) atoms. The van der Waals surface area contributed by atoms with Crippen LogP contribution in [0.3, 0.4) is 0 Å². The number of unbranched alkanes of at least 4 members (excludes halogenated alkanes) is 5. The lowest BCUT2D eigenvalue weighted by atomic mass is 10.0. The molecule has 2 aromatic heterocycles. The predicted octanol–water partition coefficient (Wildman–Crippen LogP) is 8.42. The Hall–Kier alpha value is -4.72. The molecule has 3 aromatic carbocycles. The van der Waals surface area contributed by atoms with Crippen LogP contribution >= 0.6 is 0 Å². The molecular formula is C36H42N6O2. The zero-order chi connectivity index (χ0) is 31.3. The summed E-state index contributed by atoms with van der Waals surface area (Å²) in [6.45, 7) is 11.1. The third-order valence-electron chi connectivity index (χ3n) is 7.27. The van der Waals surface area contributed by atoms with Crippen LogP contribution in [-0.2, 0) is 0 Å². The molecule has 5 rings (SSSR count). The maximum absolute atomic E-state index is 11.0. The van der Waals surface area contributed by atoms with Gasteiger partial charge in [0.1, 0.15) is 11.5 Å². The Morgan fingerprint density at radius 1 is 0.614 bits per heavy atom. The number of phenols is 1. The zero-order valence-corrected chi connectivity index (χ0v) is 26.4. The molecule has 0 saturated carbocycles. The summed E-state index contributed by atoms with van der Waals surface area (Å²) in [7, 11) is 0. The van der Waals surface area contributed by atoms with Crippen LogP contribution in [0.15, 0.2) is 73.1 Å². The second-order valence-electron chi connectivity index (χ2n) is 11.0. The number of aryl methyl sites for hydroxylation is 4. The minimum absolute atomic E-state index is 0.0924. The highest BCUT2D eigenvalue weighted by atomic mass is 16.5. The summed E-state index contributed by atoms with van der Waals surface area (Å²) < 4.78 is 5.91. The van der Waals surface area contributed by atoms with E-state index in [1.807, 2.05) is 12.1 Å². The molecule has 5 aromatic rings. The van der Waals surface area contributed by atoms with E-state index in [4.69, 9.17) is 19.7 Å². The van der Waals surface area contributed by atoms with Gasteiger partial charge in [-0.05, 0) is 68.7 Å². The Bertz CT molecular complexity index is 1550. The molecule has 1 N–H and O–H groups in total. The predicted molar refractivity (Wildman–Crippen MR) is 175 cm³/mol. The van der Waals surface area contributed by atoms with E-state index >= 15 is 0 Å². The Balaban J connectivity index is 0.000000657. The third kappa shape index (κ3) is 9.14. The minimum Gasteiger partial charge on any atom is -0.507 e. The quantitative estimate of drug-likeness (QED) is 0.153. The van der Waals surface area contributed by atoms with Gasteiger partial charge in [0.2, 0.25) is 0 Å². The average Bonchev–Trinajstić information content (AvgIpc) is 3.01. The number of phenolic OH excluding ortho intramolecular Hbond substituents is 1. The van der Waals surface area contributed by atoms with Gasteiger partial charge in [-0.2, -0.15) is 0 Å². The van der Waals surface area contributed by atoms with Gasteiger partial charge in [-0.15, -0.1) is 10.2 Å². The van der Waals surface area contributed by atoms with Gasteiger partial charge in [-0.1, -0.05) is 86.6 Å². The minimum atomic E-state index is 0.0924. The summed E-state index contributed by atoms with van der Waals surface area (Å²) in [6, 6.07) is 19.6. The van der Waals surface area contributed by atoms with Crippen molar-refractivity contribution < 1.29 is 9.84 Å². The molecule has 0 bridgehead atoms. The summed E-state index contributed by atoms with van der Waals surface area (Å²) in [5.74, 6) is 2.35. The van der Waals surface area contributed by atoms with Crippen LogP contribution in [0, 0.1) is 27.7 Å². The summed E-state index contributed by atoms with van der Waals surface area (Å²) in [4.78, 5) is 14.5. The lowest BCUT2D eigenvalue weighted by Gasteiger charge is -2.13. The lowest BCUT2D eigenvalue weighted by Crippen LogP contribution is -2.02. The molecular weight excluding hydrogens is 548 g/mol. The molecule has 0 spiro atoms. The number of aromatic nitrogens is 6. The van der Waals surface area contributed by atoms with Crippen molar-refractivity contribution in [2.75, 3.05) is 6.61 Å². The van der Waals surface area contributed by atoms with E-state index in [-0.39, 0.29) is 5.75 Å². The van der Waals surface area contributed by atoms with Gasteiger partial charge in [0, 0.05) is 17.2 Å². The Morgan fingerprint density at radius 2 is 1.14 bits per heavy atom. The van der Waals surface area contributed by atoms with Gasteiger partial charge in [-0.3, -0.25) is 0 Å². The Labute approximate surface area is 260 Å². The number of ether oxygens (including phenoxy) is 1. The topological polar surface area (TPSA) is 107 Å². The summed E-state index contributed by atoms with van der Waals surface area (Å²) >= 11 is 0. The van der Waals surface area contributed by atoms with Crippen molar-refractivity contribution >= 4 is 0 Å². The van der Waals surface area contributed by atoms with Crippen LogP contribution < -0.4 is 4.74 Å². The molecule has 0 fully saturated rings. The molecule has 8 nitrogen and oxygen atoms in total. The fourth-order valence-electron chi connectivity index (χ4n) is 4.93. The second-order valence-corrected chi connectivity index (χ2v) is 11.0. The molecule has 0 aliphatic carbocycles. The largest absolute Gasteiger partial charge is 0.507 e. The van der Waals surface area contributed by atoms with Crippen molar-refractivity contribution in [1.82, 2.24) is 30.4 Å². The monoisotopic (exact) mass is 590 g/mol. The summed E-state index contributed by atoms with van der Waals surface area (Å²) in [5.41, 5.74) is 7.00. The van der Waals surface area contributed by atoms with E-state index in [2.05, 4.69) is 86.4 Å². The number of hydrogen-bond acceptors (Lipinski definition) is 8. The average molecular weight is 591 g/mol. The normalized spacial score (nSPS) is 10.7. The summed E-state index contributed by atoms with van der Waals surface area (Å²) in [5, 5.41) is 21.1. The fourth-order valence-corrected chi connectivity index (χ4v) is 4.93. The van der Waals surface area contributed by atoms with Crippen LogP contribution in [0.5, 0.6) is 11.5 Å². The van der Waals surface area contributed by atoms with Gasteiger partial charge in [0.25, 0.3) is 0 Å². The van der Waals surface area contributed by atoms with Crippen molar-refractivity contribution in [3.63, 3.8) is 0 Å². The number of rotatable bonds is 11. The van der Waals surface area contributed by atoms with Gasteiger partial charge in [0.05, 0.1) is 24.6 Å². The Morgan fingerprint density at radius 3 is 1.61 bits per heavy atom. The van der Waals surface area contributed by atoms with Gasteiger partial charge >= 0.3 is 0 Å². The molecule has 0 amide bonds. The molecule has 8 heteroatoms. The highest BCUT2D eigenvalue weighted by Gasteiger charge is 2.17. The molecule has 0 unspecified atom stereocenters. The molecule has 0 saturated heterocycles. The Kier molecular flexibility index (Phi) is 11.9. The third-order valence-corrected chi connectivity index (χ3v) is 7.27. The van der Waals surface area contributed by atoms with Crippen molar-refractivity contribution in [1.29, 1.82) is 0 Å². The van der Waals surface area contributed by atoms with E-state index in [0.717, 1.165) is 35.1 Å². The standard InChI is InChI=1S/C33H39N3O2.C3H3N3/c1-6-7-8-9-10-11-18-38-26-14-17-29(30(37)21-26)33-35-31(27-15-12-22(2)19-24(27)4)34-32(36-33)28-16-13-23(3)20-25(28)5;1-2-4-6-5-3-1/h12-17,19-21,37H,6-11,18H2,1-5H3;1-3H. The van der Waals surface area contributed by atoms with Crippen molar-refractivity contribution in [2.24, 2.45) is 0 Å². The van der Waals surface area contributed by atoms with Gasteiger partial charge in [-0.25, -0.2) is 15.0 Å². The SMILES string of the molecule is CCCCCCCCOc1ccc(-c2nc(-c3ccc(C)cc3C)nc(-c3ccc(C)cc3C)n2)c(O)c1.c1cnnnc1. The highest BCUT2D eigenvalue weighted by molar-refractivity contribution is 5.72. The first-order valence-electron chi connectivity index (χ1n) is 15.3. The summed E-state index contributed by atoms with van der Waals surface area (Å²) in [6.07, 6.45) is 10.4. The molecule has 0 radical (unpaired) electrons. The van der Waals surface area contributed by atoms with Gasteiger partial charge in [0.15, 0.2) is 17.5 Å². The second kappa shape index (κ2) is 16.2. The molecule has 228 valence electrons. The lowest BCUT2D eigenvalue weighted by molar-refractivity contribution is 0.303. The van der Waals surface area contributed by atoms with E-state index < -0.39 is 0 Å². The van der Waals surface area contributed by atoms with E-state index in [1.165, 1.54) is 36.8 Å². The number of aromatic hydroxyl groups is 1. The maximum Gasteiger partial charge on any atom is 0.167 e. The number of benzene rings is 3. The van der Waals surface area contributed by atoms with Gasteiger partial charge < -0.3 is 9.84 Å². The zero-order valence-electron chi connectivity index (χ0n) is 26.4. The van der Waals surface area contributed by atoms with E-state index in [0.29, 0.717) is 35.4 Å². The van der Waals surface area contributed by atoms with E-state index in [9.17, 15) is 5.11 Å². The first-order chi connectivity index (χ1) is 21.4.